The molecule has 0 atom stereocenters. The summed E-state index contributed by atoms with van der Waals surface area (Å²) < 4.78 is 5.15. The minimum atomic E-state index is -0.109. The van der Waals surface area contributed by atoms with Crippen molar-refractivity contribution >= 4 is 17.4 Å². The van der Waals surface area contributed by atoms with Crippen molar-refractivity contribution in [2.45, 2.75) is 13.0 Å². The molecule has 0 radical (unpaired) electrons. The SMILES string of the molecule is COc1ccc(CNC(=O)c2ccnc(N3CCc4ccccc43)c2)cc1. The molecule has 0 unspecified atom stereocenters. The van der Waals surface area contributed by atoms with Gasteiger partial charge in [0.25, 0.3) is 5.91 Å². The van der Waals surface area contributed by atoms with Crippen LogP contribution in [-0.4, -0.2) is 24.5 Å². The highest BCUT2D eigenvalue weighted by atomic mass is 16.5. The zero-order chi connectivity index (χ0) is 18.6. The number of carbonyl (C=O) groups excluding carboxylic acids is 1. The van der Waals surface area contributed by atoms with E-state index in [2.05, 4.69) is 33.4 Å². The summed E-state index contributed by atoms with van der Waals surface area (Å²) in [5.74, 6) is 1.49. The summed E-state index contributed by atoms with van der Waals surface area (Å²) in [6, 6.07) is 19.6. The van der Waals surface area contributed by atoms with Gasteiger partial charge in [-0.05, 0) is 47.9 Å². The molecule has 5 nitrogen and oxygen atoms in total. The van der Waals surface area contributed by atoms with E-state index in [9.17, 15) is 4.79 Å². The fourth-order valence-electron chi connectivity index (χ4n) is 3.31. The van der Waals surface area contributed by atoms with Crippen LogP contribution in [0.15, 0.2) is 66.9 Å². The number of hydrogen-bond donors (Lipinski definition) is 1. The number of pyridine rings is 1. The van der Waals surface area contributed by atoms with Crippen LogP contribution in [-0.2, 0) is 13.0 Å². The zero-order valence-corrected chi connectivity index (χ0v) is 15.2. The van der Waals surface area contributed by atoms with Crippen LogP contribution in [0.4, 0.5) is 11.5 Å². The van der Waals surface area contributed by atoms with Gasteiger partial charge in [-0.2, -0.15) is 0 Å². The van der Waals surface area contributed by atoms with Gasteiger partial charge in [0.2, 0.25) is 0 Å². The smallest absolute Gasteiger partial charge is 0.251 e. The van der Waals surface area contributed by atoms with Crippen molar-refractivity contribution in [2.24, 2.45) is 0 Å². The van der Waals surface area contributed by atoms with Gasteiger partial charge in [-0.25, -0.2) is 4.98 Å². The Balaban J connectivity index is 1.46. The van der Waals surface area contributed by atoms with Crippen LogP contribution in [0.5, 0.6) is 5.75 Å². The maximum Gasteiger partial charge on any atom is 0.251 e. The number of hydrogen-bond acceptors (Lipinski definition) is 4. The Kier molecular flexibility index (Phi) is 4.75. The lowest BCUT2D eigenvalue weighted by Gasteiger charge is -2.18. The topological polar surface area (TPSA) is 54.5 Å². The molecule has 1 amide bonds. The highest BCUT2D eigenvalue weighted by molar-refractivity contribution is 5.95. The monoisotopic (exact) mass is 359 g/mol. The molecule has 2 aromatic carbocycles. The predicted octanol–water partition coefficient (Wildman–Crippen LogP) is 3.71. The van der Waals surface area contributed by atoms with E-state index in [0.29, 0.717) is 12.1 Å². The van der Waals surface area contributed by atoms with Gasteiger partial charge in [0.05, 0.1) is 7.11 Å². The van der Waals surface area contributed by atoms with Crippen LogP contribution >= 0.6 is 0 Å². The summed E-state index contributed by atoms with van der Waals surface area (Å²) in [6.45, 7) is 1.34. The predicted molar refractivity (Wildman–Crippen MR) is 106 cm³/mol. The molecule has 136 valence electrons. The molecular weight excluding hydrogens is 338 g/mol. The molecule has 1 aliphatic heterocycles. The van der Waals surface area contributed by atoms with Crippen molar-refractivity contribution in [2.75, 3.05) is 18.6 Å². The number of anilines is 2. The summed E-state index contributed by atoms with van der Waals surface area (Å²) in [7, 11) is 1.64. The molecule has 27 heavy (non-hydrogen) atoms. The summed E-state index contributed by atoms with van der Waals surface area (Å²) in [5.41, 5.74) is 4.11. The van der Waals surface area contributed by atoms with Crippen molar-refractivity contribution in [3.63, 3.8) is 0 Å². The molecule has 5 heteroatoms. The van der Waals surface area contributed by atoms with Crippen molar-refractivity contribution in [1.29, 1.82) is 0 Å². The Morgan fingerprint density at radius 2 is 1.96 bits per heavy atom. The van der Waals surface area contributed by atoms with Crippen molar-refractivity contribution < 1.29 is 9.53 Å². The molecule has 0 bridgehead atoms. The molecule has 4 rings (SSSR count). The van der Waals surface area contributed by atoms with Gasteiger partial charge in [0.1, 0.15) is 11.6 Å². The van der Waals surface area contributed by atoms with Gasteiger partial charge in [-0.3, -0.25) is 4.79 Å². The van der Waals surface area contributed by atoms with E-state index in [0.717, 1.165) is 30.1 Å². The number of aromatic nitrogens is 1. The summed E-state index contributed by atoms with van der Waals surface area (Å²) in [5, 5.41) is 2.96. The molecule has 0 spiro atoms. The lowest BCUT2D eigenvalue weighted by molar-refractivity contribution is 0.0951. The Morgan fingerprint density at radius 1 is 1.15 bits per heavy atom. The molecule has 0 saturated carbocycles. The summed E-state index contributed by atoms with van der Waals surface area (Å²) >= 11 is 0. The first-order valence-electron chi connectivity index (χ1n) is 8.97. The third kappa shape index (κ3) is 3.62. The summed E-state index contributed by atoms with van der Waals surface area (Å²) in [6.07, 6.45) is 2.68. The average Bonchev–Trinajstić information content (AvgIpc) is 3.16. The van der Waals surface area contributed by atoms with Gasteiger partial charge >= 0.3 is 0 Å². The van der Waals surface area contributed by atoms with Gasteiger partial charge in [-0.15, -0.1) is 0 Å². The fraction of sp³-hybridized carbons (Fsp3) is 0.182. The number of fused-ring (bicyclic) bond motifs is 1. The molecule has 1 aliphatic rings. The Bertz CT molecular complexity index is 954. The van der Waals surface area contributed by atoms with Gasteiger partial charge in [0, 0.05) is 30.5 Å². The second-order valence-corrected chi connectivity index (χ2v) is 6.46. The van der Waals surface area contributed by atoms with E-state index in [1.54, 1.807) is 19.4 Å². The van der Waals surface area contributed by atoms with E-state index >= 15 is 0 Å². The van der Waals surface area contributed by atoms with E-state index in [-0.39, 0.29) is 5.91 Å². The number of benzene rings is 2. The van der Waals surface area contributed by atoms with Crippen LogP contribution in [0.2, 0.25) is 0 Å². The first kappa shape index (κ1) is 17.1. The Morgan fingerprint density at radius 3 is 2.78 bits per heavy atom. The van der Waals surface area contributed by atoms with Crippen molar-refractivity contribution in [3.05, 3.63) is 83.6 Å². The highest BCUT2D eigenvalue weighted by Crippen LogP contribution is 2.33. The van der Waals surface area contributed by atoms with Crippen LogP contribution in [0.1, 0.15) is 21.5 Å². The highest BCUT2D eigenvalue weighted by Gasteiger charge is 2.21. The fourth-order valence-corrected chi connectivity index (χ4v) is 3.31. The molecule has 0 fully saturated rings. The number of methoxy groups -OCH3 is 1. The number of nitrogens with one attached hydrogen (secondary N) is 1. The molecule has 1 aromatic heterocycles. The van der Waals surface area contributed by atoms with Crippen LogP contribution < -0.4 is 15.0 Å². The summed E-state index contributed by atoms with van der Waals surface area (Å²) in [4.78, 5) is 19.2. The van der Waals surface area contributed by atoms with Gasteiger partial charge in [0.15, 0.2) is 0 Å². The molecule has 0 saturated heterocycles. The molecule has 3 aromatic rings. The van der Waals surface area contributed by atoms with Gasteiger partial charge in [-0.1, -0.05) is 30.3 Å². The number of para-hydroxylation sites is 1. The number of ether oxygens (including phenoxy) is 1. The molecular formula is C22H21N3O2. The number of nitrogens with zero attached hydrogens (tertiary/aromatic N) is 2. The second-order valence-electron chi connectivity index (χ2n) is 6.46. The number of carbonyl (C=O) groups is 1. The molecule has 0 aliphatic carbocycles. The van der Waals surface area contributed by atoms with E-state index in [1.807, 2.05) is 36.4 Å². The second kappa shape index (κ2) is 7.50. The largest absolute Gasteiger partial charge is 0.497 e. The van der Waals surface area contributed by atoms with Crippen LogP contribution in [0, 0.1) is 0 Å². The number of rotatable bonds is 5. The third-order valence-electron chi connectivity index (χ3n) is 4.78. The maximum atomic E-state index is 12.6. The lowest BCUT2D eigenvalue weighted by Crippen LogP contribution is -2.23. The first-order chi connectivity index (χ1) is 13.2. The van der Waals surface area contributed by atoms with Crippen LogP contribution in [0.25, 0.3) is 0 Å². The molecule has 2 heterocycles. The Hall–Kier alpha value is -3.34. The van der Waals surface area contributed by atoms with Gasteiger partial charge < -0.3 is 15.0 Å². The van der Waals surface area contributed by atoms with E-state index in [4.69, 9.17) is 4.74 Å². The Labute approximate surface area is 158 Å². The van der Waals surface area contributed by atoms with Crippen molar-refractivity contribution in [1.82, 2.24) is 10.3 Å². The minimum Gasteiger partial charge on any atom is -0.497 e. The normalized spacial score (nSPS) is 12.6. The molecule has 1 N–H and O–H groups in total. The maximum absolute atomic E-state index is 12.6. The minimum absolute atomic E-state index is 0.109. The third-order valence-corrected chi connectivity index (χ3v) is 4.78. The van der Waals surface area contributed by atoms with Crippen molar-refractivity contribution in [3.8, 4) is 5.75 Å². The van der Waals surface area contributed by atoms with E-state index in [1.165, 1.54) is 11.3 Å². The number of amides is 1. The quantitative estimate of drug-likeness (QED) is 0.754. The average molecular weight is 359 g/mol. The van der Waals surface area contributed by atoms with E-state index < -0.39 is 0 Å². The first-order valence-corrected chi connectivity index (χ1v) is 8.97. The van der Waals surface area contributed by atoms with Crippen LogP contribution in [0.3, 0.4) is 0 Å². The zero-order valence-electron chi connectivity index (χ0n) is 15.2. The standard InChI is InChI=1S/C22H21N3O2/c1-27-19-8-6-16(7-9-19)15-24-22(26)18-10-12-23-21(14-18)25-13-11-17-4-2-3-5-20(17)25/h2-10,12,14H,11,13,15H2,1H3,(H,24,26). The lowest BCUT2D eigenvalue weighted by atomic mass is 10.2.